The zero-order chi connectivity index (χ0) is 16.7. The van der Waals surface area contributed by atoms with Gasteiger partial charge in [-0.25, -0.2) is 13.8 Å². The summed E-state index contributed by atoms with van der Waals surface area (Å²) in [5, 5.41) is 3.18. The van der Waals surface area contributed by atoms with E-state index in [1.807, 2.05) is 24.3 Å². The molecule has 2 aromatic heterocycles. The van der Waals surface area contributed by atoms with Gasteiger partial charge in [0, 0.05) is 17.4 Å². The molecule has 0 aliphatic rings. The second kappa shape index (κ2) is 5.49. The molecule has 5 nitrogen and oxygen atoms in total. The first-order valence-corrected chi connectivity index (χ1v) is 7.61. The van der Waals surface area contributed by atoms with Gasteiger partial charge in [0.2, 0.25) is 5.78 Å². The zero-order valence-corrected chi connectivity index (χ0v) is 13.0. The maximum absolute atomic E-state index is 13.3. The number of aromatic nitrogens is 3. The first-order chi connectivity index (χ1) is 11.6. The first-order valence-electron chi connectivity index (χ1n) is 7.61. The molecular formula is C18H15FN4O. The largest absolute Gasteiger partial charge is 0.379 e. The smallest absolute Gasteiger partial charge is 0.259 e. The van der Waals surface area contributed by atoms with E-state index in [-0.39, 0.29) is 11.4 Å². The van der Waals surface area contributed by atoms with Crippen LogP contribution >= 0.6 is 0 Å². The summed E-state index contributed by atoms with van der Waals surface area (Å²) in [6, 6.07) is 13.9. The van der Waals surface area contributed by atoms with Gasteiger partial charge in [-0.15, -0.1) is 0 Å². The van der Waals surface area contributed by atoms with Crippen LogP contribution in [0.25, 0.3) is 16.8 Å². The molecule has 0 aliphatic heterocycles. The normalized spacial score (nSPS) is 11.2. The molecule has 0 fully saturated rings. The number of imidazole rings is 1. The van der Waals surface area contributed by atoms with Crippen molar-refractivity contribution in [2.24, 2.45) is 0 Å². The lowest BCUT2D eigenvalue weighted by Gasteiger charge is -2.08. The molecule has 0 saturated carbocycles. The predicted molar refractivity (Wildman–Crippen MR) is 91.8 cm³/mol. The number of nitrogens with one attached hydrogen (secondary N) is 2. The highest BCUT2D eigenvalue weighted by Gasteiger charge is 2.08. The summed E-state index contributed by atoms with van der Waals surface area (Å²) in [4.78, 5) is 20.0. The minimum atomic E-state index is -0.237. The number of hydrogen-bond acceptors (Lipinski definition) is 3. The number of para-hydroxylation sites is 2. The number of H-pyrrole nitrogens is 1. The Bertz CT molecular complexity index is 1110. The van der Waals surface area contributed by atoms with Gasteiger partial charge in [-0.3, -0.25) is 4.79 Å². The maximum Gasteiger partial charge on any atom is 0.259 e. The van der Waals surface area contributed by atoms with Crippen LogP contribution in [-0.4, -0.2) is 14.4 Å². The van der Waals surface area contributed by atoms with Crippen molar-refractivity contribution in [1.82, 2.24) is 14.4 Å². The topological polar surface area (TPSA) is 62.2 Å². The van der Waals surface area contributed by atoms with Gasteiger partial charge >= 0.3 is 0 Å². The summed E-state index contributed by atoms with van der Waals surface area (Å²) < 4.78 is 14.9. The summed E-state index contributed by atoms with van der Waals surface area (Å²) in [7, 11) is 0. The Morgan fingerprint density at radius 1 is 1.21 bits per heavy atom. The molecule has 0 aliphatic carbocycles. The monoisotopic (exact) mass is 322 g/mol. The van der Waals surface area contributed by atoms with Gasteiger partial charge in [0.15, 0.2) is 0 Å². The standard InChI is InChI=1S/C18H15FN4O/c1-11-8-12(6-7-14(11)19)20-10-13-9-17(24)23-16-5-3-2-4-15(16)22-18(23)21-13/h2-9,20H,10H2,1H3,(H,21,22). The molecule has 0 radical (unpaired) electrons. The Kier molecular flexibility index (Phi) is 3.30. The molecule has 2 N–H and O–H groups in total. The number of benzene rings is 2. The van der Waals surface area contributed by atoms with Gasteiger partial charge < -0.3 is 10.3 Å². The Labute approximate surface area is 136 Å². The van der Waals surface area contributed by atoms with Crippen LogP contribution < -0.4 is 10.9 Å². The van der Waals surface area contributed by atoms with Crippen molar-refractivity contribution in [3.8, 4) is 0 Å². The quantitative estimate of drug-likeness (QED) is 0.609. The van der Waals surface area contributed by atoms with Gasteiger partial charge in [0.25, 0.3) is 5.56 Å². The van der Waals surface area contributed by atoms with E-state index in [0.29, 0.717) is 23.6 Å². The molecule has 0 saturated heterocycles. The van der Waals surface area contributed by atoms with Crippen molar-refractivity contribution in [2.45, 2.75) is 13.5 Å². The van der Waals surface area contributed by atoms with Crippen LogP contribution in [0.2, 0.25) is 0 Å². The molecule has 24 heavy (non-hydrogen) atoms. The number of aryl methyl sites for hydroxylation is 1. The Balaban J connectivity index is 1.68. The number of rotatable bonds is 3. The molecule has 4 rings (SSSR count). The molecule has 0 unspecified atom stereocenters. The van der Waals surface area contributed by atoms with E-state index in [2.05, 4.69) is 15.3 Å². The summed E-state index contributed by atoms with van der Waals surface area (Å²) in [5.41, 5.74) is 3.49. The lowest BCUT2D eigenvalue weighted by atomic mass is 10.2. The van der Waals surface area contributed by atoms with Crippen molar-refractivity contribution in [3.63, 3.8) is 0 Å². The summed E-state index contributed by atoms with van der Waals surface area (Å²) >= 11 is 0. The van der Waals surface area contributed by atoms with Crippen molar-refractivity contribution >= 4 is 22.5 Å². The molecule has 120 valence electrons. The number of nitrogens with zero attached hydrogens (tertiary/aromatic N) is 2. The fourth-order valence-corrected chi connectivity index (χ4v) is 2.77. The molecule has 0 spiro atoms. The van der Waals surface area contributed by atoms with Gasteiger partial charge in [-0.1, -0.05) is 12.1 Å². The van der Waals surface area contributed by atoms with Crippen LogP contribution in [0, 0.1) is 12.7 Å². The fraction of sp³-hybridized carbons (Fsp3) is 0.111. The van der Waals surface area contributed by atoms with E-state index in [1.54, 1.807) is 29.5 Å². The predicted octanol–water partition coefficient (Wildman–Crippen LogP) is 3.24. The van der Waals surface area contributed by atoms with Gasteiger partial charge in [0.1, 0.15) is 5.82 Å². The van der Waals surface area contributed by atoms with Crippen LogP contribution in [0.3, 0.4) is 0 Å². The molecule has 0 atom stereocenters. The molecule has 2 aromatic carbocycles. The number of fused-ring (bicyclic) bond motifs is 3. The highest BCUT2D eigenvalue weighted by atomic mass is 19.1. The van der Waals surface area contributed by atoms with E-state index in [4.69, 9.17) is 0 Å². The zero-order valence-electron chi connectivity index (χ0n) is 13.0. The second-order valence-corrected chi connectivity index (χ2v) is 5.71. The Morgan fingerprint density at radius 3 is 2.88 bits per heavy atom. The van der Waals surface area contributed by atoms with Gasteiger partial charge in [-0.2, -0.15) is 0 Å². The third-order valence-electron chi connectivity index (χ3n) is 3.99. The van der Waals surface area contributed by atoms with Crippen LogP contribution in [0.15, 0.2) is 53.3 Å². The highest BCUT2D eigenvalue weighted by molar-refractivity contribution is 5.79. The first kappa shape index (κ1) is 14.4. The Morgan fingerprint density at radius 2 is 2.04 bits per heavy atom. The summed E-state index contributed by atoms with van der Waals surface area (Å²) in [5.74, 6) is 0.273. The molecule has 4 aromatic rings. The van der Waals surface area contributed by atoms with Crippen molar-refractivity contribution in [1.29, 1.82) is 0 Å². The fourth-order valence-electron chi connectivity index (χ4n) is 2.77. The van der Waals surface area contributed by atoms with Crippen molar-refractivity contribution in [3.05, 3.63) is 76.0 Å². The van der Waals surface area contributed by atoms with E-state index >= 15 is 0 Å². The molecular weight excluding hydrogens is 307 g/mol. The second-order valence-electron chi connectivity index (χ2n) is 5.71. The van der Waals surface area contributed by atoms with E-state index in [9.17, 15) is 9.18 Å². The average molecular weight is 322 g/mol. The lowest BCUT2D eigenvalue weighted by molar-refractivity contribution is 0.618. The van der Waals surface area contributed by atoms with Crippen LogP contribution in [0.4, 0.5) is 10.1 Å². The average Bonchev–Trinajstić information content (AvgIpc) is 2.94. The molecule has 2 heterocycles. The Hall–Kier alpha value is -3.15. The number of halogens is 1. The minimum absolute atomic E-state index is 0.135. The van der Waals surface area contributed by atoms with Crippen LogP contribution in [0.1, 0.15) is 11.3 Å². The molecule has 6 heteroatoms. The minimum Gasteiger partial charge on any atom is -0.379 e. The van der Waals surface area contributed by atoms with E-state index in [1.165, 1.54) is 6.07 Å². The van der Waals surface area contributed by atoms with E-state index in [0.717, 1.165) is 16.7 Å². The molecule has 0 amide bonds. The number of anilines is 1. The van der Waals surface area contributed by atoms with E-state index < -0.39 is 0 Å². The number of hydrogen-bond donors (Lipinski definition) is 2. The van der Waals surface area contributed by atoms with Gasteiger partial charge in [0.05, 0.1) is 17.6 Å². The SMILES string of the molecule is Cc1cc(NCc2cc(=O)n3c(nc4ccccc43)[nH]2)ccc1F. The summed E-state index contributed by atoms with van der Waals surface area (Å²) in [6.45, 7) is 2.13. The molecule has 0 bridgehead atoms. The van der Waals surface area contributed by atoms with Crippen LogP contribution in [0.5, 0.6) is 0 Å². The summed E-state index contributed by atoms with van der Waals surface area (Å²) in [6.07, 6.45) is 0. The lowest BCUT2D eigenvalue weighted by Crippen LogP contribution is -2.16. The van der Waals surface area contributed by atoms with Crippen molar-refractivity contribution in [2.75, 3.05) is 5.32 Å². The maximum atomic E-state index is 13.3. The van der Waals surface area contributed by atoms with Crippen molar-refractivity contribution < 1.29 is 4.39 Å². The third-order valence-corrected chi connectivity index (χ3v) is 3.99. The third kappa shape index (κ3) is 2.42. The number of aromatic amines is 1. The van der Waals surface area contributed by atoms with Gasteiger partial charge in [-0.05, 0) is 42.8 Å². The highest BCUT2D eigenvalue weighted by Crippen LogP contribution is 2.15. The van der Waals surface area contributed by atoms with Crippen LogP contribution in [-0.2, 0) is 6.54 Å².